The van der Waals surface area contributed by atoms with Crippen LogP contribution in [0.15, 0.2) is 30.3 Å². The maximum atomic E-state index is 12.5. The lowest BCUT2D eigenvalue weighted by molar-refractivity contribution is -0.0122. The van der Waals surface area contributed by atoms with Gasteiger partial charge in [-0.15, -0.1) is 0 Å². The maximum Gasteiger partial charge on any atom is 0.410 e. The molecule has 2 heterocycles. The van der Waals surface area contributed by atoms with Crippen LogP contribution in [0.3, 0.4) is 0 Å². The minimum absolute atomic E-state index is 0.0887. The van der Waals surface area contributed by atoms with Gasteiger partial charge in [-0.25, -0.2) is 9.59 Å². The van der Waals surface area contributed by atoms with Crippen LogP contribution in [0.5, 0.6) is 0 Å². The number of carbonyl (C=O) groups excluding carboxylic acids is 2. The molecule has 0 N–H and O–H groups in total. The average molecular weight is 389 g/mol. The van der Waals surface area contributed by atoms with Crippen molar-refractivity contribution in [3.8, 4) is 0 Å². The summed E-state index contributed by atoms with van der Waals surface area (Å²) >= 11 is 0. The highest BCUT2D eigenvalue weighted by atomic mass is 16.6. The van der Waals surface area contributed by atoms with Gasteiger partial charge in [0.2, 0.25) is 0 Å². The minimum Gasteiger partial charge on any atom is -0.445 e. The molecule has 6 heteroatoms. The Balaban J connectivity index is 1.49. The van der Waals surface area contributed by atoms with Gasteiger partial charge in [-0.1, -0.05) is 30.3 Å². The number of benzene rings is 1. The molecule has 3 rings (SSSR count). The van der Waals surface area contributed by atoms with Crippen molar-refractivity contribution in [1.29, 1.82) is 0 Å². The molecule has 2 fully saturated rings. The third kappa shape index (κ3) is 5.40. The van der Waals surface area contributed by atoms with Crippen LogP contribution in [0.2, 0.25) is 0 Å². The lowest BCUT2D eigenvalue weighted by atomic mass is 9.72. The number of nitrogens with zero attached hydrogens (tertiary/aromatic N) is 2. The van der Waals surface area contributed by atoms with Crippen LogP contribution in [0.1, 0.15) is 52.0 Å². The van der Waals surface area contributed by atoms with Crippen LogP contribution >= 0.6 is 0 Å². The number of rotatable bonds is 2. The fraction of sp³-hybridized carbons (Fsp3) is 0.636. The Kier molecular flexibility index (Phi) is 6.16. The Morgan fingerprint density at radius 1 is 0.964 bits per heavy atom. The third-order valence-electron chi connectivity index (χ3n) is 5.60. The predicted molar refractivity (Wildman–Crippen MR) is 107 cm³/mol. The number of hydrogen-bond donors (Lipinski definition) is 0. The quantitative estimate of drug-likeness (QED) is 0.752. The average Bonchev–Trinajstić information content (AvgIpc) is 2.66. The number of piperidine rings is 2. The number of amides is 2. The van der Waals surface area contributed by atoms with Crippen molar-refractivity contribution in [2.24, 2.45) is 5.41 Å². The number of carbonyl (C=O) groups is 2. The van der Waals surface area contributed by atoms with Crippen LogP contribution in [-0.4, -0.2) is 53.8 Å². The van der Waals surface area contributed by atoms with E-state index in [2.05, 4.69) is 0 Å². The highest BCUT2D eigenvalue weighted by molar-refractivity contribution is 5.69. The minimum atomic E-state index is -0.479. The highest BCUT2D eigenvalue weighted by Gasteiger charge is 2.41. The Bertz CT molecular complexity index is 676. The van der Waals surface area contributed by atoms with E-state index in [0.29, 0.717) is 19.7 Å². The summed E-state index contributed by atoms with van der Waals surface area (Å²) in [5.74, 6) is 0. The molecule has 0 unspecified atom stereocenters. The summed E-state index contributed by atoms with van der Waals surface area (Å²) in [7, 11) is 0. The maximum absolute atomic E-state index is 12.5. The third-order valence-corrected chi connectivity index (χ3v) is 5.60. The lowest BCUT2D eigenvalue weighted by Crippen LogP contribution is -2.52. The van der Waals surface area contributed by atoms with Crippen molar-refractivity contribution in [1.82, 2.24) is 9.80 Å². The van der Waals surface area contributed by atoms with E-state index in [1.54, 1.807) is 4.90 Å². The fourth-order valence-corrected chi connectivity index (χ4v) is 4.07. The molecule has 2 aliphatic rings. The van der Waals surface area contributed by atoms with E-state index in [1.165, 1.54) is 0 Å². The van der Waals surface area contributed by atoms with Crippen LogP contribution in [0.4, 0.5) is 9.59 Å². The molecule has 0 aromatic heterocycles. The van der Waals surface area contributed by atoms with Crippen LogP contribution in [-0.2, 0) is 16.1 Å². The molecule has 2 amide bonds. The largest absolute Gasteiger partial charge is 0.445 e. The fourth-order valence-electron chi connectivity index (χ4n) is 4.07. The molecule has 1 aromatic carbocycles. The van der Waals surface area contributed by atoms with Gasteiger partial charge in [0, 0.05) is 26.2 Å². The molecule has 6 nitrogen and oxygen atoms in total. The molecule has 154 valence electrons. The predicted octanol–water partition coefficient (Wildman–Crippen LogP) is 4.44. The first-order valence-corrected chi connectivity index (χ1v) is 10.2. The molecule has 0 bridgehead atoms. The van der Waals surface area contributed by atoms with Crippen LogP contribution < -0.4 is 0 Å². The van der Waals surface area contributed by atoms with Crippen molar-refractivity contribution < 1.29 is 19.1 Å². The molecule has 0 saturated carbocycles. The summed E-state index contributed by atoms with van der Waals surface area (Å²) in [5, 5.41) is 0. The zero-order valence-electron chi connectivity index (χ0n) is 17.3. The van der Waals surface area contributed by atoms with E-state index in [1.807, 2.05) is 56.0 Å². The summed E-state index contributed by atoms with van der Waals surface area (Å²) in [4.78, 5) is 28.5. The Hall–Kier alpha value is -2.24. The zero-order valence-corrected chi connectivity index (χ0v) is 17.3. The second-order valence-corrected chi connectivity index (χ2v) is 9.03. The van der Waals surface area contributed by atoms with Crippen LogP contribution in [0, 0.1) is 5.41 Å². The standard InChI is InChI=1S/C22H32N2O4/c1-21(2,3)28-20(26)24-13-7-10-22(17-24)11-14-23(15-12-22)19(25)27-16-18-8-5-4-6-9-18/h4-6,8-9H,7,10-17H2,1-3H3. The topological polar surface area (TPSA) is 59.1 Å². The molecule has 2 aliphatic heterocycles. The van der Waals surface area contributed by atoms with Crippen LogP contribution in [0.25, 0.3) is 0 Å². The van der Waals surface area contributed by atoms with E-state index in [0.717, 1.165) is 44.3 Å². The smallest absolute Gasteiger partial charge is 0.410 e. The van der Waals surface area contributed by atoms with Gasteiger partial charge in [0.15, 0.2) is 0 Å². The van der Waals surface area contributed by atoms with E-state index in [9.17, 15) is 9.59 Å². The van der Waals surface area contributed by atoms with E-state index < -0.39 is 5.60 Å². The highest BCUT2D eigenvalue weighted by Crippen LogP contribution is 2.40. The normalized spacial score (nSPS) is 19.4. The zero-order chi connectivity index (χ0) is 20.2. The van der Waals surface area contributed by atoms with Gasteiger partial charge in [0.1, 0.15) is 12.2 Å². The summed E-state index contributed by atoms with van der Waals surface area (Å²) in [6.07, 6.45) is 3.39. The SMILES string of the molecule is CC(C)(C)OC(=O)N1CCCC2(CCN(C(=O)OCc3ccccc3)CC2)C1. The molecule has 28 heavy (non-hydrogen) atoms. The van der Waals surface area contributed by atoms with Gasteiger partial charge in [0.25, 0.3) is 0 Å². The van der Waals surface area contributed by atoms with Gasteiger partial charge < -0.3 is 19.3 Å². The Morgan fingerprint density at radius 2 is 1.64 bits per heavy atom. The van der Waals surface area contributed by atoms with Crippen molar-refractivity contribution in [2.45, 2.75) is 58.7 Å². The van der Waals surface area contributed by atoms with Crippen molar-refractivity contribution >= 4 is 12.2 Å². The van der Waals surface area contributed by atoms with Gasteiger partial charge in [-0.3, -0.25) is 0 Å². The Labute approximate surface area is 167 Å². The molecule has 0 radical (unpaired) electrons. The summed E-state index contributed by atoms with van der Waals surface area (Å²) in [5.41, 5.74) is 0.600. The van der Waals surface area contributed by atoms with Crippen molar-refractivity contribution in [3.05, 3.63) is 35.9 Å². The molecular weight excluding hydrogens is 356 g/mol. The van der Waals surface area contributed by atoms with E-state index >= 15 is 0 Å². The van der Waals surface area contributed by atoms with Gasteiger partial charge in [0.05, 0.1) is 0 Å². The second kappa shape index (κ2) is 8.41. The first-order chi connectivity index (χ1) is 13.3. The molecule has 1 spiro atoms. The lowest BCUT2D eigenvalue weighted by Gasteiger charge is -2.47. The number of hydrogen-bond acceptors (Lipinski definition) is 4. The molecule has 0 aliphatic carbocycles. The van der Waals surface area contributed by atoms with E-state index in [-0.39, 0.29) is 17.6 Å². The molecule has 0 atom stereocenters. The first kappa shape index (κ1) is 20.5. The summed E-state index contributed by atoms with van der Waals surface area (Å²) in [6.45, 7) is 8.80. The number of ether oxygens (including phenoxy) is 2. The van der Waals surface area contributed by atoms with Crippen molar-refractivity contribution in [2.75, 3.05) is 26.2 Å². The summed E-state index contributed by atoms with van der Waals surface area (Å²) in [6, 6.07) is 9.72. The monoisotopic (exact) mass is 388 g/mol. The van der Waals surface area contributed by atoms with Crippen molar-refractivity contribution in [3.63, 3.8) is 0 Å². The molecule has 2 saturated heterocycles. The van der Waals surface area contributed by atoms with E-state index in [4.69, 9.17) is 9.47 Å². The first-order valence-electron chi connectivity index (χ1n) is 10.2. The molecular formula is C22H32N2O4. The number of likely N-dealkylation sites (tertiary alicyclic amines) is 2. The van der Waals surface area contributed by atoms with Gasteiger partial charge in [-0.2, -0.15) is 0 Å². The van der Waals surface area contributed by atoms with Gasteiger partial charge >= 0.3 is 12.2 Å². The molecule has 1 aromatic rings. The van der Waals surface area contributed by atoms with Gasteiger partial charge in [-0.05, 0) is 57.4 Å². The second-order valence-electron chi connectivity index (χ2n) is 9.03. The Morgan fingerprint density at radius 3 is 2.29 bits per heavy atom. The summed E-state index contributed by atoms with van der Waals surface area (Å²) < 4.78 is 11.0.